The summed E-state index contributed by atoms with van der Waals surface area (Å²) in [6.45, 7) is 5.23. The summed E-state index contributed by atoms with van der Waals surface area (Å²) >= 11 is 3.37. The summed E-state index contributed by atoms with van der Waals surface area (Å²) in [7, 11) is 2.07. The van der Waals surface area contributed by atoms with Gasteiger partial charge >= 0.3 is 0 Å². The fourth-order valence-corrected chi connectivity index (χ4v) is 2.32. The van der Waals surface area contributed by atoms with Crippen molar-refractivity contribution in [2.24, 2.45) is 0 Å². The lowest BCUT2D eigenvalue weighted by Gasteiger charge is -2.33. The number of rotatable bonds is 3. The SMILES string of the molecule is C[C@H](Oc1ccc(Br)cc1)C(=O)N1CCN(C)CC1. The number of amides is 1. The van der Waals surface area contributed by atoms with E-state index in [2.05, 4.69) is 27.9 Å². The summed E-state index contributed by atoms with van der Waals surface area (Å²) in [5.41, 5.74) is 0. The first kappa shape index (κ1) is 14.3. The average molecular weight is 327 g/mol. The van der Waals surface area contributed by atoms with E-state index in [1.165, 1.54) is 0 Å². The monoisotopic (exact) mass is 326 g/mol. The van der Waals surface area contributed by atoms with Crippen LogP contribution >= 0.6 is 15.9 Å². The summed E-state index contributed by atoms with van der Waals surface area (Å²) in [5.74, 6) is 0.786. The molecule has 1 atom stereocenters. The van der Waals surface area contributed by atoms with E-state index in [-0.39, 0.29) is 5.91 Å². The Labute approximate surface area is 122 Å². The maximum Gasteiger partial charge on any atom is 0.263 e. The second-order valence-corrected chi connectivity index (χ2v) is 5.76. The van der Waals surface area contributed by atoms with E-state index in [1.54, 1.807) is 0 Å². The van der Waals surface area contributed by atoms with E-state index in [0.717, 1.165) is 36.4 Å². The van der Waals surface area contributed by atoms with Gasteiger partial charge in [0, 0.05) is 30.7 Å². The number of carbonyl (C=O) groups is 1. The molecule has 0 bridgehead atoms. The molecule has 1 heterocycles. The van der Waals surface area contributed by atoms with Gasteiger partial charge in [-0.15, -0.1) is 0 Å². The Morgan fingerprint density at radius 1 is 1.21 bits per heavy atom. The van der Waals surface area contributed by atoms with Crippen LogP contribution in [0, 0.1) is 0 Å². The van der Waals surface area contributed by atoms with Gasteiger partial charge in [-0.2, -0.15) is 0 Å². The molecule has 1 aliphatic rings. The quantitative estimate of drug-likeness (QED) is 0.851. The first-order valence-corrected chi connectivity index (χ1v) is 7.25. The van der Waals surface area contributed by atoms with Crippen molar-refractivity contribution >= 4 is 21.8 Å². The standard InChI is InChI=1S/C14H19BrN2O2/c1-11(19-13-5-3-12(15)4-6-13)14(18)17-9-7-16(2)8-10-17/h3-6,11H,7-10H2,1-2H3/t11-/m0/s1. The predicted octanol–water partition coefficient (Wildman–Crippen LogP) is 1.99. The third kappa shape index (κ3) is 3.94. The van der Waals surface area contributed by atoms with E-state index in [4.69, 9.17) is 4.74 Å². The van der Waals surface area contributed by atoms with Gasteiger partial charge in [-0.3, -0.25) is 4.79 Å². The lowest BCUT2D eigenvalue weighted by Crippen LogP contribution is -2.50. The first-order chi connectivity index (χ1) is 9.06. The number of halogens is 1. The number of hydrogen-bond donors (Lipinski definition) is 0. The molecule has 1 saturated heterocycles. The van der Waals surface area contributed by atoms with Crippen LogP contribution in [0.15, 0.2) is 28.7 Å². The van der Waals surface area contributed by atoms with Crippen LogP contribution in [0.2, 0.25) is 0 Å². The topological polar surface area (TPSA) is 32.8 Å². The van der Waals surface area contributed by atoms with Gasteiger partial charge in [-0.1, -0.05) is 15.9 Å². The number of piperazine rings is 1. The summed E-state index contributed by atoms with van der Waals surface area (Å²) in [6.07, 6.45) is -0.440. The molecule has 4 nitrogen and oxygen atoms in total. The molecular weight excluding hydrogens is 308 g/mol. The molecule has 0 aromatic heterocycles. The van der Waals surface area contributed by atoms with Crippen molar-refractivity contribution in [3.8, 4) is 5.75 Å². The van der Waals surface area contributed by atoms with Crippen molar-refractivity contribution in [2.75, 3.05) is 33.2 Å². The normalized spacial score (nSPS) is 18.2. The Bertz CT molecular complexity index is 428. The second kappa shape index (κ2) is 6.39. The van der Waals surface area contributed by atoms with Gasteiger partial charge in [-0.05, 0) is 38.2 Å². The summed E-state index contributed by atoms with van der Waals surface area (Å²) < 4.78 is 6.68. The largest absolute Gasteiger partial charge is 0.481 e. The van der Waals surface area contributed by atoms with Crippen LogP contribution in [0.25, 0.3) is 0 Å². The Hall–Kier alpha value is -1.07. The van der Waals surface area contributed by atoms with Crippen molar-refractivity contribution in [3.05, 3.63) is 28.7 Å². The fraction of sp³-hybridized carbons (Fsp3) is 0.500. The molecule has 0 saturated carbocycles. The lowest BCUT2D eigenvalue weighted by molar-refractivity contribution is -0.139. The van der Waals surface area contributed by atoms with E-state index < -0.39 is 6.10 Å². The summed E-state index contributed by atoms with van der Waals surface area (Å²) in [5, 5.41) is 0. The molecule has 1 aromatic carbocycles. The van der Waals surface area contributed by atoms with Crippen molar-refractivity contribution in [1.82, 2.24) is 9.80 Å². The van der Waals surface area contributed by atoms with Gasteiger partial charge in [0.1, 0.15) is 5.75 Å². The molecule has 0 unspecified atom stereocenters. The first-order valence-electron chi connectivity index (χ1n) is 6.46. The molecule has 104 valence electrons. The zero-order valence-electron chi connectivity index (χ0n) is 11.3. The number of carbonyl (C=O) groups excluding carboxylic acids is 1. The van der Waals surface area contributed by atoms with Crippen molar-refractivity contribution < 1.29 is 9.53 Å². The smallest absolute Gasteiger partial charge is 0.263 e. The molecule has 0 spiro atoms. The van der Waals surface area contributed by atoms with Gasteiger partial charge in [0.2, 0.25) is 0 Å². The summed E-state index contributed by atoms with van der Waals surface area (Å²) in [4.78, 5) is 16.4. The second-order valence-electron chi connectivity index (χ2n) is 4.84. The van der Waals surface area contributed by atoms with Gasteiger partial charge in [0.05, 0.1) is 0 Å². The van der Waals surface area contributed by atoms with E-state index in [0.29, 0.717) is 0 Å². The van der Waals surface area contributed by atoms with E-state index >= 15 is 0 Å². The minimum absolute atomic E-state index is 0.0658. The minimum Gasteiger partial charge on any atom is -0.481 e. The highest BCUT2D eigenvalue weighted by Gasteiger charge is 2.24. The van der Waals surface area contributed by atoms with E-state index in [9.17, 15) is 4.79 Å². The number of hydrogen-bond acceptors (Lipinski definition) is 3. The van der Waals surface area contributed by atoms with Crippen molar-refractivity contribution in [3.63, 3.8) is 0 Å². The maximum absolute atomic E-state index is 12.2. The average Bonchev–Trinajstić information content (AvgIpc) is 2.41. The van der Waals surface area contributed by atoms with Gasteiger partial charge in [0.25, 0.3) is 5.91 Å². The Morgan fingerprint density at radius 3 is 2.37 bits per heavy atom. The van der Waals surface area contributed by atoms with Gasteiger partial charge in [-0.25, -0.2) is 0 Å². The Morgan fingerprint density at radius 2 is 1.79 bits per heavy atom. The Kier molecular flexibility index (Phi) is 4.82. The lowest BCUT2D eigenvalue weighted by atomic mass is 10.2. The van der Waals surface area contributed by atoms with Crippen molar-refractivity contribution in [1.29, 1.82) is 0 Å². The highest BCUT2D eigenvalue weighted by molar-refractivity contribution is 9.10. The molecular formula is C14H19BrN2O2. The molecule has 1 amide bonds. The van der Waals surface area contributed by atoms with Crippen LogP contribution in [0.5, 0.6) is 5.75 Å². The van der Waals surface area contributed by atoms with Gasteiger partial charge in [0.15, 0.2) is 6.10 Å². The highest BCUT2D eigenvalue weighted by Crippen LogP contribution is 2.18. The number of benzene rings is 1. The van der Waals surface area contributed by atoms with Crippen LogP contribution in [-0.4, -0.2) is 55.0 Å². The molecule has 2 rings (SSSR count). The molecule has 0 N–H and O–H groups in total. The number of nitrogens with zero attached hydrogens (tertiary/aromatic N) is 2. The third-order valence-corrected chi connectivity index (χ3v) is 3.82. The Balaban J connectivity index is 1.90. The molecule has 0 aliphatic carbocycles. The zero-order valence-corrected chi connectivity index (χ0v) is 12.9. The van der Waals surface area contributed by atoms with E-state index in [1.807, 2.05) is 36.1 Å². The van der Waals surface area contributed by atoms with Crippen molar-refractivity contribution in [2.45, 2.75) is 13.0 Å². The minimum atomic E-state index is -0.440. The fourth-order valence-electron chi connectivity index (χ4n) is 2.05. The molecule has 1 aliphatic heterocycles. The summed E-state index contributed by atoms with van der Waals surface area (Å²) in [6, 6.07) is 7.53. The van der Waals surface area contributed by atoms with Crippen LogP contribution < -0.4 is 4.74 Å². The number of ether oxygens (including phenoxy) is 1. The molecule has 1 fully saturated rings. The third-order valence-electron chi connectivity index (χ3n) is 3.29. The van der Waals surface area contributed by atoms with Crippen LogP contribution in [0.3, 0.4) is 0 Å². The molecule has 19 heavy (non-hydrogen) atoms. The number of likely N-dealkylation sites (N-methyl/N-ethyl adjacent to an activating group) is 1. The van der Waals surface area contributed by atoms with Gasteiger partial charge < -0.3 is 14.5 Å². The maximum atomic E-state index is 12.2. The molecule has 1 aromatic rings. The predicted molar refractivity (Wildman–Crippen MR) is 78.3 cm³/mol. The molecule has 5 heteroatoms. The van der Waals surface area contributed by atoms with Crippen LogP contribution in [0.1, 0.15) is 6.92 Å². The molecule has 0 radical (unpaired) electrons. The highest BCUT2D eigenvalue weighted by atomic mass is 79.9. The zero-order chi connectivity index (χ0) is 13.8. The van der Waals surface area contributed by atoms with Crippen LogP contribution in [-0.2, 0) is 4.79 Å². The van der Waals surface area contributed by atoms with Crippen LogP contribution in [0.4, 0.5) is 0 Å².